The number of thioether (sulfide) groups is 1. The zero-order valence-corrected chi connectivity index (χ0v) is 14.5. The van der Waals surface area contributed by atoms with Gasteiger partial charge in [-0.25, -0.2) is 4.68 Å². The molecule has 0 spiro atoms. The minimum absolute atomic E-state index is 0.283. The topological polar surface area (TPSA) is 66.0 Å². The van der Waals surface area contributed by atoms with Crippen molar-refractivity contribution in [3.63, 3.8) is 0 Å². The highest BCUT2D eigenvalue weighted by Crippen LogP contribution is 2.32. The van der Waals surface area contributed by atoms with Gasteiger partial charge in [0.25, 0.3) is 0 Å². The van der Waals surface area contributed by atoms with Gasteiger partial charge in [0.1, 0.15) is 5.75 Å². The van der Waals surface area contributed by atoms with Gasteiger partial charge in [-0.1, -0.05) is 42.1 Å². The molecule has 1 aromatic heterocycles. The van der Waals surface area contributed by atoms with E-state index in [4.69, 9.17) is 10.6 Å². The molecule has 3 aromatic rings. The molecular weight excluding hydrogens is 365 g/mol. The van der Waals surface area contributed by atoms with Crippen LogP contribution in [0.1, 0.15) is 11.1 Å². The predicted molar refractivity (Wildman–Crippen MR) is 93.2 cm³/mol. The maximum absolute atomic E-state index is 12.8. The number of methoxy groups -OCH3 is 1. The molecule has 0 aliphatic heterocycles. The average molecular weight is 380 g/mol. The summed E-state index contributed by atoms with van der Waals surface area (Å²) in [6.07, 6.45) is -4.37. The molecule has 9 heteroatoms. The van der Waals surface area contributed by atoms with Crippen LogP contribution in [-0.2, 0) is 11.9 Å². The van der Waals surface area contributed by atoms with E-state index in [9.17, 15) is 13.2 Å². The highest BCUT2D eigenvalue weighted by molar-refractivity contribution is 7.98. The number of rotatable bonds is 5. The quantitative estimate of drug-likeness (QED) is 0.536. The number of hydrogen-bond donors (Lipinski definition) is 1. The zero-order chi connectivity index (χ0) is 18.7. The van der Waals surface area contributed by atoms with Crippen LogP contribution in [-0.4, -0.2) is 22.0 Å². The Morgan fingerprint density at radius 1 is 1.12 bits per heavy atom. The molecule has 0 saturated heterocycles. The van der Waals surface area contributed by atoms with E-state index in [1.54, 1.807) is 25.3 Å². The molecular formula is C17H15F3N4OS. The van der Waals surface area contributed by atoms with Crippen LogP contribution < -0.4 is 10.6 Å². The smallest absolute Gasteiger partial charge is 0.416 e. The first-order valence-corrected chi connectivity index (χ1v) is 8.51. The number of halogens is 3. The lowest BCUT2D eigenvalue weighted by molar-refractivity contribution is -0.137. The molecule has 0 unspecified atom stereocenters. The van der Waals surface area contributed by atoms with Crippen LogP contribution in [0.4, 0.5) is 13.2 Å². The number of benzene rings is 2. The second-order valence-electron chi connectivity index (χ2n) is 5.36. The molecule has 3 rings (SSSR count). The molecule has 0 fully saturated rings. The second kappa shape index (κ2) is 7.28. The summed E-state index contributed by atoms with van der Waals surface area (Å²) in [7, 11) is 1.54. The predicted octanol–water partition coefficient (Wildman–Crippen LogP) is 3.98. The molecule has 0 aliphatic rings. The average Bonchev–Trinajstić information content (AvgIpc) is 3.00. The lowest BCUT2D eigenvalue weighted by Gasteiger charge is -2.09. The van der Waals surface area contributed by atoms with Crippen LogP contribution in [0.3, 0.4) is 0 Å². The molecule has 0 aliphatic carbocycles. The largest absolute Gasteiger partial charge is 0.496 e. The first-order valence-electron chi connectivity index (χ1n) is 7.53. The monoisotopic (exact) mass is 380 g/mol. The van der Waals surface area contributed by atoms with Gasteiger partial charge in [-0.2, -0.15) is 13.2 Å². The summed E-state index contributed by atoms with van der Waals surface area (Å²) < 4.78 is 45.0. The first kappa shape index (κ1) is 18.1. The van der Waals surface area contributed by atoms with Crippen LogP contribution in [0.5, 0.6) is 5.75 Å². The Hall–Kier alpha value is -2.68. The molecule has 26 heavy (non-hydrogen) atoms. The number of hydrogen-bond acceptors (Lipinski definition) is 5. The number of aromatic nitrogens is 3. The zero-order valence-electron chi connectivity index (χ0n) is 13.7. The summed E-state index contributed by atoms with van der Waals surface area (Å²) in [6, 6.07) is 12.4. The van der Waals surface area contributed by atoms with E-state index in [1.807, 2.05) is 12.1 Å². The normalized spacial score (nSPS) is 11.5. The fourth-order valence-electron chi connectivity index (χ4n) is 2.37. The van der Waals surface area contributed by atoms with Gasteiger partial charge in [-0.15, -0.1) is 10.2 Å². The minimum Gasteiger partial charge on any atom is -0.496 e. The Labute approximate surface area is 152 Å². The number of nitrogens with zero attached hydrogens (tertiary/aromatic N) is 3. The summed E-state index contributed by atoms with van der Waals surface area (Å²) in [5.74, 6) is 7.35. The van der Waals surface area contributed by atoms with Crippen LogP contribution in [0, 0.1) is 0 Å². The SMILES string of the molecule is COc1ccccc1-c1nnc(SCc2cccc(C(F)(F)F)c2)n1N. The van der Waals surface area contributed by atoms with E-state index >= 15 is 0 Å². The Bertz CT molecular complexity index is 911. The molecule has 5 nitrogen and oxygen atoms in total. The fraction of sp³-hybridized carbons (Fsp3) is 0.176. The third-order valence-corrected chi connectivity index (χ3v) is 4.65. The summed E-state index contributed by atoms with van der Waals surface area (Å²) >= 11 is 1.20. The molecule has 0 bridgehead atoms. The molecule has 0 atom stereocenters. The van der Waals surface area contributed by atoms with Crippen LogP contribution in [0.25, 0.3) is 11.4 Å². The third kappa shape index (κ3) is 3.77. The first-order chi connectivity index (χ1) is 12.4. The number of para-hydroxylation sites is 1. The van der Waals surface area contributed by atoms with Crippen molar-refractivity contribution in [3.8, 4) is 17.1 Å². The third-order valence-electron chi connectivity index (χ3n) is 3.63. The van der Waals surface area contributed by atoms with Gasteiger partial charge in [0.15, 0.2) is 5.82 Å². The van der Waals surface area contributed by atoms with Crippen LogP contribution in [0.15, 0.2) is 53.7 Å². The van der Waals surface area contributed by atoms with Crippen molar-refractivity contribution in [3.05, 3.63) is 59.7 Å². The molecule has 0 saturated carbocycles. The van der Waals surface area contributed by atoms with Crippen molar-refractivity contribution >= 4 is 11.8 Å². The van der Waals surface area contributed by atoms with Gasteiger partial charge >= 0.3 is 6.18 Å². The summed E-state index contributed by atoms with van der Waals surface area (Å²) in [5, 5.41) is 8.49. The van der Waals surface area contributed by atoms with E-state index in [-0.39, 0.29) is 5.75 Å². The van der Waals surface area contributed by atoms with E-state index in [2.05, 4.69) is 10.2 Å². The van der Waals surface area contributed by atoms with Crippen molar-refractivity contribution < 1.29 is 17.9 Å². The van der Waals surface area contributed by atoms with Gasteiger partial charge in [0.2, 0.25) is 5.16 Å². The Balaban J connectivity index is 1.80. The summed E-state index contributed by atoms with van der Waals surface area (Å²) in [6.45, 7) is 0. The van der Waals surface area contributed by atoms with Crippen molar-refractivity contribution in [2.24, 2.45) is 0 Å². The highest BCUT2D eigenvalue weighted by Gasteiger charge is 2.30. The molecule has 2 N–H and O–H groups in total. The fourth-order valence-corrected chi connectivity index (χ4v) is 3.17. The maximum atomic E-state index is 12.8. The number of alkyl halides is 3. The molecule has 0 radical (unpaired) electrons. The van der Waals surface area contributed by atoms with E-state index in [1.165, 1.54) is 22.5 Å². The Morgan fingerprint density at radius 2 is 1.88 bits per heavy atom. The maximum Gasteiger partial charge on any atom is 0.416 e. The lowest BCUT2D eigenvalue weighted by atomic mass is 10.1. The van der Waals surface area contributed by atoms with Crippen molar-refractivity contribution in [1.29, 1.82) is 0 Å². The van der Waals surface area contributed by atoms with E-state index < -0.39 is 11.7 Å². The number of nitrogen functional groups attached to an aromatic ring is 1. The second-order valence-corrected chi connectivity index (χ2v) is 6.31. The minimum atomic E-state index is -4.37. The standard InChI is InChI=1S/C17H15F3N4OS/c1-25-14-8-3-2-7-13(14)15-22-23-16(24(15)21)26-10-11-5-4-6-12(9-11)17(18,19)20/h2-9H,10,21H2,1H3. The van der Waals surface area contributed by atoms with Crippen LogP contribution in [0.2, 0.25) is 0 Å². The number of nitrogens with two attached hydrogens (primary N) is 1. The van der Waals surface area contributed by atoms with Gasteiger partial charge < -0.3 is 10.6 Å². The van der Waals surface area contributed by atoms with Crippen molar-refractivity contribution in [2.45, 2.75) is 17.1 Å². The highest BCUT2D eigenvalue weighted by atomic mass is 32.2. The van der Waals surface area contributed by atoms with Gasteiger partial charge in [0.05, 0.1) is 18.2 Å². The van der Waals surface area contributed by atoms with E-state index in [0.717, 1.165) is 12.1 Å². The molecule has 2 aromatic carbocycles. The van der Waals surface area contributed by atoms with Crippen LogP contribution >= 0.6 is 11.8 Å². The molecule has 1 heterocycles. The Morgan fingerprint density at radius 3 is 2.62 bits per heavy atom. The lowest BCUT2D eigenvalue weighted by Crippen LogP contribution is -2.12. The van der Waals surface area contributed by atoms with Crippen molar-refractivity contribution in [2.75, 3.05) is 13.0 Å². The molecule has 0 amide bonds. The van der Waals surface area contributed by atoms with Crippen molar-refractivity contribution in [1.82, 2.24) is 14.9 Å². The number of ether oxygens (including phenoxy) is 1. The molecule has 136 valence electrons. The van der Waals surface area contributed by atoms with Gasteiger partial charge in [-0.3, -0.25) is 0 Å². The van der Waals surface area contributed by atoms with Gasteiger partial charge in [-0.05, 0) is 23.8 Å². The Kier molecular flexibility index (Phi) is 5.08. The summed E-state index contributed by atoms with van der Waals surface area (Å²) in [5.41, 5.74) is 0.516. The summed E-state index contributed by atoms with van der Waals surface area (Å²) in [4.78, 5) is 0. The van der Waals surface area contributed by atoms with Gasteiger partial charge in [0, 0.05) is 5.75 Å². The van der Waals surface area contributed by atoms with E-state index in [0.29, 0.717) is 27.9 Å².